The van der Waals surface area contributed by atoms with Gasteiger partial charge in [0.2, 0.25) is 0 Å². The Morgan fingerprint density at radius 1 is 0.500 bits per heavy atom. The number of aliphatic hydroxyl groups excluding tert-OH is 2. The number of rotatable bonds is 7. The van der Waals surface area contributed by atoms with Crippen LogP contribution in [0.4, 0.5) is 0 Å². The number of esters is 2. The number of ether oxygens (including phenoxy) is 2. The molecule has 4 aromatic rings. The molecule has 10 nitrogen and oxygen atoms in total. The predicted molar refractivity (Wildman–Crippen MR) is 135 cm³/mol. The van der Waals surface area contributed by atoms with Crippen molar-refractivity contribution in [3.63, 3.8) is 0 Å². The summed E-state index contributed by atoms with van der Waals surface area (Å²) in [5, 5.41) is 34.6. The largest absolute Gasteiger partial charge is 0.478 e. The van der Waals surface area contributed by atoms with Crippen LogP contribution in [0, 0.1) is 0 Å². The molecule has 0 bridgehead atoms. The molecule has 0 radical (unpaired) electrons. The molecular formula is C28H22O10. The van der Waals surface area contributed by atoms with Crippen LogP contribution < -0.4 is 9.47 Å². The minimum atomic E-state index is -1.09. The summed E-state index contributed by atoms with van der Waals surface area (Å²) in [6.07, 6.45) is 0. The Hall–Kier alpha value is -5.06. The number of carboxylic acids is 2. The molecule has 0 heterocycles. The maximum absolute atomic E-state index is 12.5. The van der Waals surface area contributed by atoms with Crippen LogP contribution >= 0.6 is 0 Å². The maximum atomic E-state index is 12.5. The number of hydrogen-bond acceptors (Lipinski definition) is 8. The standard InChI is InChI=1S/C26H16O8.C2H6O2/c27-23(28)15-1-3-17(4-2-15)25(31)34-22-12-9-18-13-20(6-5-19(18)14-22)26(32)33-21-10-7-16(8-11-21)24(29)30;3-1-2-4/h1-14H,(H,27,28)(H,29,30);3-4H,1-2H2. The van der Waals surface area contributed by atoms with E-state index < -0.39 is 23.9 Å². The first-order valence-corrected chi connectivity index (χ1v) is 11.1. The summed E-state index contributed by atoms with van der Waals surface area (Å²) < 4.78 is 10.7. The van der Waals surface area contributed by atoms with Crippen molar-refractivity contribution in [1.29, 1.82) is 0 Å². The Morgan fingerprint density at radius 2 is 0.895 bits per heavy atom. The van der Waals surface area contributed by atoms with E-state index in [9.17, 15) is 19.2 Å². The summed E-state index contributed by atoms with van der Waals surface area (Å²) in [6.45, 7) is -0.250. The second-order valence-electron chi connectivity index (χ2n) is 7.66. The van der Waals surface area contributed by atoms with Gasteiger partial charge in [0, 0.05) is 0 Å². The number of aliphatic hydroxyl groups is 2. The fourth-order valence-corrected chi connectivity index (χ4v) is 3.16. The average molecular weight is 518 g/mol. The zero-order chi connectivity index (χ0) is 27.7. The van der Waals surface area contributed by atoms with Gasteiger partial charge >= 0.3 is 23.9 Å². The van der Waals surface area contributed by atoms with Gasteiger partial charge in [-0.15, -0.1) is 0 Å². The van der Waals surface area contributed by atoms with E-state index in [4.69, 9.17) is 29.9 Å². The number of carbonyl (C=O) groups is 4. The first-order valence-electron chi connectivity index (χ1n) is 11.1. The molecule has 0 saturated heterocycles. The molecule has 0 saturated carbocycles. The minimum absolute atomic E-state index is 0.0638. The van der Waals surface area contributed by atoms with Gasteiger partial charge in [0.05, 0.1) is 35.5 Å². The molecule has 0 amide bonds. The van der Waals surface area contributed by atoms with Crippen LogP contribution in [0.15, 0.2) is 84.9 Å². The van der Waals surface area contributed by atoms with Crippen molar-refractivity contribution >= 4 is 34.6 Å². The lowest BCUT2D eigenvalue weighted by molar-refractivity contribution is 0.0685. The highest BCUT2D eigenvalue weighted by Gasteiger charge is 2.13. The van der Waals surface area contributed by atoms with Crippen LogP contribution in [-0.2, 0) is 0 Å². The Kier molecular flexibility index (Phi) is 9.25. The summed E-state index contributed by atoms with van der Waals surface area (Å²) in [4.78, 5) is 46.7. The third kappa shape index (κ3) is 7.23. The lowest BCUT2D eigenvalue weighted by atomic mass is 10.1. The summed E-state index contributed by atoms with van der Waals surface area (Å²) >= 11 is 0. The summed E-state index contributed by atoms with van der Waals surface area (Å²) in [7, 11) is 0. The van der Waals surface area contributed by atoms with Crippen LogP contribution in [0.3, 0.4) is 0 Å². The fraction of sp³-hybridized carbons (Fsp3) is 0.0714. The third-order valence-corrected chi connectivity index (χ3v) is 5.04. The number of carbonyl (C=O) groups excluding carboxylic acids is 2. The van der Waals surface area contributed by atoms with Crippen LogP contribution in [0.2, 0.25) is 0 Å². The van der Waals surface area contributed by atoms with E-state index in [2.05, 4.69) is 0 Å². The van der Waals surface area contributed by atoms with Crippen molar-refractivity contribution in [3.05, 3.63) is 107 Å². The Balaban J connectivity index is 0.000000934. The lowest BCUT2D eigenvalue weighted by Gasteiger charge is -2.08. The number of hydrogen-bond donors (Lipinski definition) is 4. The van der Waals surface area contributed by atoms with Gasteiger partial charge in [0.25, 0.3) is 0 Å². The van der Waals surface area contributed by atoms with Crippen molar-refractivity contribution in [3.8, 4) is 11.5 Å². The van der Waals surface area contributed by atoms with E-state index in [1.54, 1.807) is 36.4 Å². The molecule has 4 N–H and O–H groups in total. The van der Waals surface area contributed by atoms with E-state index >= 15 is 0 Å². The molecule has 0 fully saturated rings. The van der Waals surface area contributed by atoms with Crippen LogP contribution in [0.5, 0.6) is 11.5 Å². The van der Waals surface area contributed by atoms with Crippen molar-refractivity contribution in [1.82, 2.24) is 0 Å². The smallest absolute Gasteiger partial charge is 0.343 e. The molecule has 4 rings (SSSR count). The minimum Gasteiger partial charge on any atom is -0.478 e. The van der Waals surface area contributed by atoms with Crippen molar-refractivity contribution < 1.29 is 49.1 Å². The number of carboxylic acid groups (broad SMARTS) is 2. The number of fused-ring (bicyclic) bond motifs is 1. The van der Waals surface area contributed by atoms with Crippen molar-refractivity contribution in [2.75, 3.05) is 13.2 Å². The Bertz CT molecular complexity index is 1460. The molecule has 0 atom stereocenters. The van der Waals surface area contributed by atoms with Gasteiger partial charge in [-0.05, 0) is 83.6 Å². The number of aromatic carboxylic acids is 2. The molecule has 4 aromatic carbocycles. The molecule has 0 aromatic heterocycles. The summed E-state index contributed by atoms with van der Waals surface area (Å²) in [6, 6.07) is 20.6. The predicted octanol–water partition coefficient (Wildman–Crippen LogP) is 3.65. The quantitative estimate of drug-likeness (QED) is 0.209. The van der Waals surface area contributed by atoms with E-state index in [0.29, 0.717) is 10.8 Å². The molecule has 0 aliphatic carbocycles. The molecule has 0 spiro atoms. The first kappa shape index (κ1) is 27.5. The Morgan fingerprint density at radius 3 is 1.45 bits per heavy atom. The Labute approximate surface area is 215 Å². The second kappa shape index (κ2) is 12.8. The SMILES string of the molecule is O=C(O)c1ccc(OC(=O)c2ccc3cc(OC(=O)c4ccc(C(=O)O)cc4)ccc3c2)cc1.OCCO. The zero-order valence-corrected chi connectivity index (χ0v) is 19.7. The van der Waals surface area contributed by atoms with Gasteiger partial charge < -0.3 is 29.9 Å². The zero-order valence-electron chi connectivity index (χ0n) is 19.7. The van der Waals surface area contributed by atoms with Crippen LogP contribution in [0.25, 0.3) is 10.8 Å². The van der Waals surface area contributed by atoms with E-state index in [1.165, 1.54) is 48.5 Å². The monoisotopic (exact) mass is 518 g/mol. The maximum Gasteiger partial charge on any atom is 0.343 e. The van der Waals surface area contributed by atoms with Crippen LogP contribution in [-0.4, -0.2) is 57.5 Å². The second-order valence-corrected chi connectivity index (χ2v) is 7.66. The first-order chi connectivity index (χ1) is 18.2. The highest BCUT2D eigenvalue weighted by Crippen LogP contribution is 2.24. The lowest BCUT2D eigenvalue weighted by Crippen LogP contribution is -2.09. The van der Waals surface area contributed by atoms with E-state index in [-0.39, 0.29) is 47.0 Å². The highest BCUT2D eigenvalue weighted by atomic mass is 16.5. The van der Waals surface area contributed by atoms with E-state index in [0.717, 1.165) is 0 Å². The summed E-state index contributed by atoms with van der Waals surface area (Å²) in [5.74, 6) is -2.90. The van der Waals surface area contributed by atoms with Gasteiger partial charge in [-0.3, -0.25) is 0 Å². The molecule has 194 valence electrons. The normalized spacial score (nSPS) is 10.2. The topological polar surface area (TPSA) is 168 Å². The molecule has 0 unspecified atom stereocenters. The van der Waals surface area contributed by atoms with E-state index in [1.807, 2.05) is 0 Å². The van der Waals surface area contributed by atoms with Gasteiger partial charge in [0.15, 0.2) is 0 Å². The molecule has 0 aliphatic heterocycles. The van der Waals surface area contributed by atoms with Crippen LogP contribution in [0.1, 0.15) is 41.4 Å². The summed E-state index contributed by atoms with van der Waals surface area (Å²) in [5.41, 5.74) is 0.644. The number of benzene rings is 4. The third-order valence-electron chi connectivity index (χ3n) is 5.04. The van der Waals surface area contributed by atoms with Gasteiger partial charge in [-0.25, -0.2) is 19.2 Å². The molecular weight excluding hydrogens is 496 g/mol. The molecule has 38 heavy (non-hydrogen) atoms. The van der Waals surface area contributed by atoms with Gasteiger partial charge in [0.1, 0.15) is 11.5 Å². The van der Waals surface area contributed by atoms with Gasteiger partial charge in [-0.2, -0.15) is 0 Å². The highest BCUT2D eigenvalue weighted by molar-refractivity contribution is 5.98. The van der Waals surface area contributed by atoms with Gasteiger partial charge in [-0.1, -0.05) is 12.1 Å². The van der Waals surface area contributed by atoms with Crippen molar-refractivity contribution in [2.24, 2.45) is 0 Å². The molecule has 10 heteroatoms. The molecule has 0 aliphatic rings. The van der Waals surface area contributed by atoms with Crippen molar-refractivity contribution in [2.45, 2.75) is 0 Å². The fourth-order valence-electron chi connectivity index (χ4n) is 3.16. The average Bonchev–Trinajstić information content (AvgIpc) is 2.93.